The maximum Gasteiger partial charge on any atom is 0.0529 e. The second kappa shape index (κ2) is 10.3. The molecule has 0 fully saturated rings. The van der Waals surface area contributed by atoms with Gasteiger partial charge in [-0.1, -0.05) is 84.4 Å². The number of aryl methyl sites for hydroxylation is 1. The third-order valence-corrected chi connectivity index (χ3v) is 6.48. The van der Waals surface area contributed by atoms with Gasteiger partial charge in [0.1, 0.15) is 0 Å². The number of fused-ring (bicyclic) bond motifs is 2. The third-order valence-electron chi connectivity index (χ3n) is 4.77. The largest absolute Gasteiger partial charge is 0.354 e. The van der Waals surface area contributed by atoms with E-state index in [0.29, 0.717) is 0 Å². The van der Waals surface area contributed by atoms with Gasteiger partial charge < -0.3 is 5.32 Å². The number of alkyl halides is 1. The first-order chi connectivity index (χ1) is 12.4. The van der Waals surface area contributed by atoms with Crippen LogP contribution >= 0.6 is 27.7 Å². The van der Waals surface area contributed by atoms with Crippen molar-refractivity contribution in [2.45, 2.75) is 67.6 Å². The number of halogens is 1. The number of hydrogen-bond donors (Lipinski definition) is 1. The first-order valence-corrected chi connectivity index (χ1v) is 11.5. The average molecular weight is 418 g/mol. The van der Waals surface area contributed by atoms with Crippen LogP contribution in [0.3, 0.4) is 0 Å². The van der Waals surface area contributed by atoms with Gasteiger partial charge in [0.2, 0.25) is 0 Å². The van der Waals surface area contributed by atoms with Gasteiger partial charge in [-0.15, -0.1) is 0 Å². The maximum atomic E-state index is 3.59. The minimum atomic E-state index is 1.16. The molecule has 1 N–H and O–H groups in total. The summed E-state index contributed by atoms with van der Waals surface area (Å²) in [5.41, 5.74) is 3.97. The molecule has 3 rings (SSSR count). The van der Waals surface area contributed by atoms with Crippen molar-refractivity contribution in [3.05, 3.63) is 48.0 Å². The Hall–Kier alpha value is -0.930. The van der Waals surface area contributed by atoms with Crippen LogP contribution in [0.1, 0.15) is 56.9 Å². The van der Waals surface area contributed by atoms with Gasteiger partial charge in [0.25, 0.3) is 0 Å². The van der Waals surface area contributed by atoms with Crippen LogP contribution in [-0.2, 0) is 6.42 Å². The molecule has 0 amide bonds. The highest BCUT2D eigenvalue weighted by molar-refractivity contribution is 9.09. The van der Waals surface area contributed by atoms with Gasteiger partial charge >= 0.3 is 0 Å². The molecule has 0 saturated carbocycles. The van der Waals surface area contributed by atoms with Crippen LogP contribution in [0.2, 0.25) is 0 Å². The molecule has 2 aromatic carbocycles. The molecule has 0 aliphatic carbocycles. The molecule has 0 aromatic heterocycles. The van der Waals surface area contributed by atoms with E-state index >= 15 is 0 Å². The molecule has 0 radical (unpaired) electrons. The lowest BCUT2D eigenvalue weighted by atomic mass is 10.0. The Morgan fingerprint density at radius 3 is 2.20 bits per heavy atom. The molecule has 25 heavy (non-hydrogen) atoms. The molecular formula is C22H28BrNS. The van der Waals surface area contributed by atoms with Gasteiger partial charge in [-0.25, -0.2) is 0 Å². The summed E-state index contributed by atoms with van der Waals surface area (Å²) in [5.74, 6) is 0. The molecule has 134 valence electrons. The van der Waals surface area contributed by atoms with Crippen LogP contribution < -0.4 is 5.32 Å². The summed E-state index contributed by atoms with van der Waals surface area (Å²) in [5, 5.41) is 4.75. The fraction of sp³-hybridized carbons (Fsp3) is 0.455. The quantitative estimate of drug-likeness (QED) is 0.265. The Kier molecular flexibility index (Phi) is 7.75. The molecule has 1 aliphatic rings. The van der Waals surface area contributed by atoms with E-state index in [0.717, 1.165) is 5.33 Å². The van der Waals surface area contributed by atoms with Crippen LogP contribution in [0.15, 0.2) is 52.3 Å². The highest BCUT2D eigenvalue weighted by atomic mass is 79.9. The zero-order valence-electron chi connectivity index (χ0n) is 14.9. The number of unbranched alkanes of at least 4 members (excludes halogenated alkanes) is 7. The number of hydrogen-bond acceptors (Lipinski definition) is 2. The number of para-hydroxylation sites is 1. The van der Waals surface area contributed by atoms with Crippen LogP contribution in [0.4, 0.5) is 11.4 Å². The topological polar surface area (TPSA) is 12.0 Å². The van der Waals surface area contributed by atoms with Crippen molar-refractivity contribution >= 4 is 39.1 Å². The molecule has 0 saturated heterocycles. The van der Waals surface area contributed by atoms with Crippen molar-refractivity contribution in [3.63, 3.8) is 0 Å². The lowest BCUT2D eigenvalue weighted by molar-refractivity contribution is 0.577. The van der Waals surface area contributed by atoms with Gasteiger partial charge in [0.05, 0.1) is 11.4 Å². The Morgan fingerprint density at radius 1 is 0.720 bits per heavy atom. The van der Waals surface area contributed by atoms with E-state index in [1.807, 2.05) is 11.8 Å². The van der Waals surface area contributed by atoms with Crippen molar-refractivity contribution in [2.75, 3.05) is 10.6 Å². The lowest BCUT2D eigenvalue weighted by Gasteiger charge is -2.21. The molecule has 0 bridgehead atoms. The number of benzene rings is 2. The van der Waals surface area contributed by atoms with Gasteiger partial charge in [-0.2, -0.15) is 0 Å². The Labute approximate surface area is 165 Å². The van der Waals surface area contributed by atoms with E-state index < -0.39 is 0 Å². The van der Waals surface area contributed by atoms with Crippen molar-refractivity contribution in [1.29, 1.82) is 0 Å². The Morgan fingerprint density at radius 2 is 1.40 bits per heavy atom. The van der Waals surface area contributed by atoms with Gasteiger partial charge in [-0.3, -0.25) is 0 Å². The molecule has 2 aromatic rings. The summed E-state index contributed by atoms with van der Waals surface area (Å²) in [6.07, 6.45) is 12.2. The van der Waals surface area contributed by atoms with Crippen molar-refractivity contribution in [2.24, 2.45) is 0 Å². The first-order valence-electron chi connectivity index (χ1n) is 9.59. The molecule has 1 aliphatic heterocycles. The molecular weight excluding hydrogens is 390 g/mol. The van der Waals surface area contributed by atoms with Crippen LogP contribution in [0, 0.1) is 0 Å². The summed E-state index contributed by atoms with van der Waals surface area (Å²) >= 11 is 5.37. The van der Waals surface area contributed by atoms with E-state index in [2.05, 4.69) is 63.7 Å². The summed E-state index contributed by atoms with van der Waals surface area (Å²) < 4.78 is 0. The molecule has 1 nitrogen and oxygen atoms in total. The second-order valence-corrected chi connectivity index (χ2v) is 8.70. The average Bonchev–Trinajstić information content (AvgIpc) is 2.65. The SMILES string of the molecule is BrCCCCCCCCCCc1ccc2c(c1)Nc1ccccc1S2. The van der Waals surface area contributed by atoms with Crippen LogP contribution in [0.25, 0.3) is 0 Å². The molecule has 1 heterocycles. The summed E-state index contributed by atoms with van der Waals surface area (Å²) in [6, 6.07) is 15.5. The summed E-state index contributed by atoms with van der Waals surface area (Å²) in [7, 11) is 0. The minimum Gasteiger partial charge on any atom is -0.354 e. The Balaban J connectivity index is 1.39. The molecule has 0 spiro atoms. The van der Waals surface area contributed by atoms with Crippen LogP contribution in [0.5, 0.6) is 0 Å². The van der Waals surface area contributed by atoms with E-state index in [9.17, 15) is 0 Å². The fourth-order valence-corrected chi connectivity index (χ4v) is 4.69. The molecule has 0 atom stereocenters. The van der Waals surface area contributed by atoms with Crippen molar-refractivity contribution in [3.8, 4) is 0 Å². The predicted molar refractivity (Wildman–Crippen MR) is 115 cm³/mol. The number of nitrogens with one attached hydrogen (secondary N) is 1. The second-order valence-electron chi connectivity index (χ2n) is 6.82. The predicted octanol–water partition coefficient (Wildman–Crippen LogP) is 7.95. The van der Waals surface area contributed by atoms with E-state index in [4.69, 9.17) is 0 Å². The van der Waals surface area contributed by atoms with Gasteiger partial charge in [0.15, 0.2) is 0 Å². The standard InChI is InChI=1S/C22H28BrNS/c23-16-10-6-4-2-1-3-5-7-11-18-14-15-22-20(17-18)24-19-12-8-9-13-21(19)25-22/h8-9,12-15,17,24H,1-7,10-11,16H2. The summed E-state index contributed by atoms with van der Waals surface area (Å²) in [6.45, 7) is 0. The molecule has 3 heteroatoms. The lowest BCUT2D eigenvalue weighted by Crippen LogP contribution is -2.00. The van der Waals surface area contributed by atoms with E-state index in [-0.39, 0.29) is 0 Å². The normalized spacial score (nSPS) is 12.4. The van der Waals surface area contributed by atoms with E-state index in [1.54, 1.807) is 0 Å². The fourth-order valence-electron chi connectivity index (χ4n) is 3.33. The zero-order valence-corrected chi connectivity index (χ0v) is 17.3. The van der Waals surface area contributed by atoms with Crippen LogP contribution in [-0.4, -0.2) is 5.33 Å². The highest BCUT2D eigenvalue weighted by Crippen LogP contribution is 2.44. The zero-order chi connectivity index (χ0) is 17.3. The van der Waals surface area contributed by atoms with Crippen molar-refractivity contribution < 1.29 is 0 Å². The van der Waals surface area contributed by atoms with Gasteiger partial charge in [-0.05, 0) is 49.1 Å². The maximum absolute atomic E-state index is 3.59. The number of anilines is 2. The van der Waals surface area contributed by atoms with E-state index in [1.165, 1.54) is 84.5 Å². The van der Waals surface area contributed by atoms with Gasteiger partial charge in [0, 0.05) is 15.1 Å². The smallest absolute Gasteiger partial charge is 0.0529 e. The highest BCUT2D eigenvalue weighted by Gasteiger charge is 2.15. The number of rotatable bonds is 10. The first kappa shape index (κ1) is 18.8. The van der Waals surface area contributed by atoms with Crippen molar-refractivity contribution in [1.82, 2.24) is 0 Å². The Bertz CT molecular complexity index is 671. The third kappa shape index (κ3) is 5.79. The molecule has 0 unspecified atom stereocenters. The monoisotopic (exact) mass is 417 g/mol. The minimum absolute atomic E-state index is 1.16. The summed E-state index contributed by atoms with van der Waals surface area (Å²) in [4.78, 5) is 2.66.